The zero-order chi connectivity index (χ0) is 23.7. The molecule has 0 spiro atoms. The van der Waals surface area contributed by atoms with E-state index in [-0.39, 0.29) is 23.3 Å². The summed E-state index contributed by atoms with van der Waals surface area (Å²) in [5.41, 5.74) is -2.05. The van der Waals surface area contributed by atoms with E-state index in [1.807, 2.05) is 0 Å². The van der Waals surface area contributed by atoms with Gasteiger partial charge in [-0.25, -0.2) is 0 Å². The third-order valence-corrected chi connectivity index (χ3v) is 4.07. The van der Waals surface area contributed by atoms with Crippen molar-refractivity contribution in [3.63, 3.8) is 0 Å². The number of nitrogens with zero attached hydrogens (tertiary/aromatic N) is 1. The van der Waals surface area contributed by atoms with Crippen molar-refractivity contribution in [1.82, 2.24) is 0 Å². The van der Waals surface area contributed by atoms with Crippen molar-refractivity contribution in [3.8, 4) is 11.3 Å². The Morgan fingerprint density at radius 1 is 0.688 bits per heavy atom. The number of benzene rings is 2. The maximum absolute atomic E-state index is 13.0. The first-order chi connectivity index (χ1) is 14.7. The molecule has 3 rings (SSSR count). The molecule has 32 heavy (non-hydrogen) atoms. The molecule has 1 aromatic heterocycles. The summed E-state index contributed by atoms with van der Waals surface area (Å²) in [7, 11) is 0. The highest BCUT2D eigenvalue weighted by molar-refractivity contribution is 5.78. The normalized spacial score (nSPS) is 13.0. The minimum Gasteiger partial charge on any atom is -0.455 e. The Hall–Kier alpha value is -3.44. The predicted octanol–water partition coefficient (Wildman–Crippen LogP) is 7.45. The molecule has 170 valence electrons. The maximum Gasteiger partial charge on any atom is 0.416 e. The molecular formula is C20H11F9N2O. The van der Waals surface area contributed by atoms with Crippen LogP contribution in [0.25, 0.3) is 11.3 Å². The molecule has 0 radical (unpaired) electrons. The lowest BCUT2D eigenvalue weighted by Crippen LogP contribution is -2.11. The van der Waals surface area contributed by atoms with Crippen LogP contribution in [0, 0.1) is 0 Å². The number of nitrogens with one attached hydrogen (secondary N) is 1. The van der Waals surface area contributed by atoms with Crippen molar-refractivity contribution >= 4 is 11.9 Å². The minimum atomic E-state index is -5.01. The average Bonchev–Trinajstić information content (AvgIpc) is 3.15. The quantitative estimate of drug-likeness (QED) is 0.246. The van der Waals surface area contributed by atoms with Crippen molar-refractivity contribution in [2.75, 3.05) is 5.43 Å². The fourth-order valence-corrected chi connectivity index (χ4v) is 2.61. The van der Waals surface area contributed by atoms with Gasteiger partial charge in [0.25, 0.3) is 0 Å². The zero-order valence-electron chi connectivity index (χ0n) is 15.5. The van der Waals surface area contributed by atoms with Gasteiger partial charge in [-0.05, 0) is 48.5 Å². The first-order valence-corrected chi connectivity index (χ1v) is 8.59. The van der Waals surface area contributed by atoms with Crippen molar-refractivity contribution in [2.24, 2.45) is 5.10 Å². The van der Waals surface area contributed by atoms with Crippen LogP contribution in [0.3, 0.4) is 0 Å². The molecule has 0 aliphatic rings. The fourth-order valence-electron chi connectivity index (χ4n) is 2.61. The molecule has 1 N–H and O–H groups in total. The topological polar surface area (TPSA) is 37.5 Å². The molecule has 0 unspecified atom stereocenters. The Morgan fingerprint density at radius 2 is 1.28 bits per heavy atom. The van der Waals surface area contributed by atoms with Gasteiger partial charge in [0.1, 0.15) is 11.5 Å². The Balaban J connectivity index is 1.83. The third kappa shape index (κ3) is 5.62. The molecular weight excluding hydrogens is 455 g/mol. The number of furan rings is 1. The third-order valence-electron chi connectivity index (χ3n) is 4.07. The molecule has 0 atom stereocenters. The molecule has 12 heteroatoms. The van der Waals surface area contributed by atoms with Gasteiger partial charge in [0.15, 0.2) is 0 Å². The monoisotopic (exact) mass is 466 g/mol. The molecule has 0 aliphatic heterocycles. The van der Waals surface area contributed by atoms with Crippen LogP contribution in [0.15, 0.2) is 64.1 Å². The second-order valence-electron chi connectivity index (χ2n) is 6.45. The number of hydrogen-bond donors (Lipinski definition) is 1. The largest absolute Gasteiger partial charge is 0.455 e. The lowest BCUT2D eigenvalue weighted by molar-refractivity contribution is -0.143. The second kappa shape index (κ2) is 8.24. The van der Waals surface area contributed by atoms with Crippen molar-refractivity contribution < 1.29 is 43.9 Å². The van der Waals surface area contributed by atoms with E-state index in [4.69, 9.17) is 4.42 Å². The van der Waals surface area contributed by atoms with Crippen LogP contribution in [0.1, 0.15) is 22.5 Å². The van der Waals surface area contributed by atoms with E-state index < -0.39 is 40.8 Å². The first-order valence-electron chi connectivity index (χ1n) is 8.59. The van der Waals surface area contributed by atoms with E-state index in [0.29, 0.717) is 12.1 Å². The summed E-state index contributed by atoms with van der Waals surface area (Å²) in [6.45, 7) is 0. The summed E-state index contributed by atoms with van der Waals surface area (Å²) in [4.78, 5) is 0. The number of rotatable bonds is 4. The minimum absolute atomic E-state index is 0.00412. The standard InChI is InChI=1S/C20H11F9N2O/c21-18(22,23)12-2-1-3-15(9-12)31-30-10-16-4-5-17(32-16)11-6-13(19(24,25)26)8-14(7-11)20(27,28)29/h1-10,31H. The molecule has 0 saturated heterocycles. The summed E-state index contributed by atoms with van der Waals surface area (Å²) in [6.07, 6.45) is -13.6. The van der Waals surface area contributed by atoms with Gasteiger partial charge < -0.3 is 4.42 Å². The Morgan fingerprint density at radius 3 is 1.84 bits per heavy atom. The number of hydrogen-bond acceptors (Lipinski definition) is 3. The second-order valence-corrected chi connectivity index (χ2v) is 6.45. The Kier molecular flexibility index (Phi) is 5.98. The fraction of sp³-hybridized carbons (Fsp3) is 0.150. The molecule has 0 saturated carbocycles. The Labute approximate surface area is 174 Å². The van der Waals surface area contributed by atoms with Gasteiger partial charge in [0.05, 0.1) is 28.6 Å². The molecule has 2 aromatic carbocycles. The van der Waals surface area contributed by atoms with Gasteiger partial charge in [-0.1, -0.05) is 6.07 Å². The first kappa shape index (κ1) is 23.2. The van der Waals surface area contributed by atoms with E-state index in [0.717, 1.165) is 30.5 Å². The smallest absolute Gasteiger partial charge is 0.416 e. The van der Waals surface area contributed by atoms with Crippen molar-refractivity contribution in [3.05, 3.63) is 77.0 Å². The van der Waals surface area contributed by atoms with E-state index in [1.54, 1.807) is 0 Å². The summed E-state index contributed by atoms with van der Waals surface area (Å²) < 4.78 is 121. The molecule has 0 amide bonds. The molecule has 1 heterocycles. The average molecular weight is 466 g/mol. The molecule has 3 aromatic rings. The number of anilines is 1. The lowest BCUT2D eigenvalue weighted by Gasteiger charge is -2.13. The highest BCUT2D eigenvalue weighted by Crippen LogP contribution is 2.39. The van der Waals surface area contributed by atoms with Crippen LogP contribution >= 0.6 is 0 Å². The summed E-state index contributed by atoms with van der Waals surface area (Å²) in [5.74, 6) is -0.354. The van der Waals surface area contributed by atoms with Crippen LogP contribution in [0.4, 0.5) is 45.2 Å². The summed E-state index contributed by atoms with van der Waals surface area (Å²) in [5, 5.41) is 3.66. The lowest BCUT2D eigenvalue weighted by atomic mass is 10.0. The molecule has 0 aliphatic carbocycles. The van der Waals surface area contributed by atoms with Crippen LogP contribution in [-0.4, -0.2) is 6.21 Å². The van der Waals surface area contributed by atoms with Gasteiger partial charge in [-0.3, -0.25) is 5.43 Å². The molecule has 0 fully saturated rings. The van der Waals surface area contributed by atoms with E-state index in [9.17, 15) is 39.5 Å². The number of alkyl halides is 9. The van der Waals surface area contributed by atoms with E-state index in [2.05, 4.69) is 10.5 Å². The Bertz CT molecular complexity index is 1090. The van der Waals surface area contributed by atoms with Crippen molar-refractivity contribution in [1.29, 1.82) is 0 Å². The van der Waals surface area contributed by atoms with Crippen LogP contribution in [0.5, 0.6) is 0 Å². The van der Waals surface area contributed by atoms with Gasteiger partial charge in [0, 0.05) is 5.56 Å². The van der Waals surface area contributed by atoms with Crippen LogP contribution in [0.2, 0.25) is 0 Å². The van der Waals surface area contributed by atoms with Gasteiger partial charge >= 0.3 is 18.5 Å². The van der Waals surface area contributed by atoms with E-state index in [1.165, 1.54) is 12.1 Å². The number of halogens is 9. The van der Waals surface area contributed by atoms with E-state index >= 15 is 0 Å². The predicted molar refractivity (Wildman–Crippen MR) is 96.8 cm³/mol. The summed E-state index contributed by atoms with van der Waals surface area (Å²) >= 11 is 0. The number of hydrazone groups is 1. The van der Waals surface area contributed by atoms with Crippen LogP contribution in [-0.2, 0) is 18.5 Å². The zero-order valence-corrected chi connectivity index (χ0v) is 15.5. The van der Waals surface area contributed by atoms with Crippen LogP contribution < -0.4 is 5.43 Å². The molecule has 0 bridgehead atoms. The van der Waals surface area contributed by atoms with Gasteiger partial charge in [-0.2, -0.15) is 44.6 Å². The van der Waals surface area contributed by atoms with Gasteiger partial charge in [-0.15, -0.1) is 0 Å². The highest BCUT2D eigenvalue weighted by atomic mass is 19.4. The highest BCUT2D eigenvalue weighted by Gasteiger charge is 2.37. The van der Waals surface area contributed by atoms with Crippen molar-refractivity contribution in [2.45, 2.75) is 18.5 Å². The summed E-state index contributed by atoms with van der Waals surface area (Å²) in [6, 6.07) is 7.49. The van der Waals surface area contributed by atoms with Gasteiger partial charge in [0.2, 0.25) is 0 Å². The molecule has 3 nitrogen and oxygen atoms in total. The maximum atomic E-state index is 13.0. The SMILES string of the molecule is FC(F)(F)c1cccc(NN=Cc2ccc(-c3cc(C(F)(F)F)cc(C(F)(F)F)c3)o2)c1.